The maximum Gasteiger partial charge on any atom is 0.401 e. The Hall–Kier alpha value is -1.25. The Morgan fingerprint density at radius 1 is 1.38 bits per heavy atom. The summed E-state index contributed by atoms with van der Waals surface area (Å²) in [5.74, 6) is 0. The Kier molecular flexibility index (Phi) is 4.16. The lowest BCUT2D eigenvalue weighted by molar-refractivity contribution is -0.125. The van der Waals surface area contributed by atoms with Gasteiger partial charge in [-0.3, -0.25) is 0 Å². The van der Waals surface area contributed by atoms with Gasteiger partial charge in [-0.2, -0.15) is 18.4 Å². The first-order valence-electron chi connectivity index (χ1n) is 4.38. The number of hydrogen-bond acceptors (Lipinski definition) is 2. The van der Waals surface area contributed by atoms with Crippen LogP contribution < -0.4 is 5.32 Å². The van der Waals surface area contributed by atoms with Gasteiger partial charge in [0, 0.05) is 11.6 Å². The molecule has 16 heavy (non-hydrogen) atoms. The van der Waals surface area contributed by atoms with E-state index in [9.17, 15) is 13.2 Å². The highest BCUT2D eigenvalue weighted by Crippen LogP contribution is 2.18. The van der Waals surface area contributed by atoms with Gasteiger partial charge < -0.3 is 5.32 Å². The van der Waals surface area contributed by atoms with Crippen LogP contribution in [0.4, 0.5) is 13.2 Å². The summed E-state index contributed by atoms with van der Waals surface area (Å²) < 4.78 is 35.5. The first-order chi connectivity index (χ1) is 7.42. The minimum Gasteiger partial charge on any atom is -0.305 e. The van der Waals surface area contributed by atoms with Crippen LogP contribution in [0.2, 0.25) is 5.02 Å². The molecule has 0 aliphatic rings. The van der Waals surface area contributed by atoms with Crippen LogP contribution in [0, 0.1) is 11.3 Å². The van der Waals surface area contributed by atoms with E-state index in [0.29, 0.717) is 11.1 Å². The molecule has 0 bridgehead atoms. The minimum absolute atomic E-state index is 0.0179. The molecule has 86 valence electrons. The maximum atomic E-state index is 11.8. The molecule has 0 fully saturated rings. The smallest absolute Gasteiger partial charge is 0.305 e. The van der Waals surface area contributed by atoms with Gasteiger partial charge in [0.2, 0.25) is 0 Å². The first kappa shape index (κ1) is 12.8. The monoisotopic (exact) mass is 248 g/mol. The van der Waals surface area contributed by atoms with Gasteiger partial charge >= 0.3 is 6.18 Å². The molecule has 0 atom stereocenters. The summed E-state index contributed by atoms with van der Waals surface area (Å²) in [6.45, 7) is -1.05. The number of hydrogen-bond donors (Lipinski definition) is 1. The number of nitrogens with zero attached hydrogens (tertiary/aromatic N) is 1. The number of alkyl halides is 3. The average molecular weight is 249 g/mol. The predicted molar refractivity (Wildman–Crippen MR) is 53.9 cm³/mol. The molecular weight excluding hydrogens is 241 g/mol. The third-order valence-corrected chi connectivity index (χ3v) is 2.17. The van der Waals surface area contributed by atoms with Crippen molar-refractivity contribution in [2.24, 2.45) is 0 Å². The van der Waals surface area contributed by atoms with E-state index < -0.39 is 12.7 Å². The summed E-state index contributed by atoms with van der Waals surface area (Å²) in [5.41, 5.74) is 0.912. The summed E-state index contributed by atoms with van der Waals surface area (Å²) in [6.07, 6.45) is -4.24. The molecule has 0 aromatic heterocycles. The van der Waals surface area contributed by atoms with E-state index in [-0.39, 0.29) is 11.6 Å². The summed E-state index contributed by atoms with van der Waals surface area (Å²) in [5, 5.41) is 11.1. The van der Waals surface area contributed by atoms with Crippen molar-refractivity contribution in [1.82, 2.24) is 5.32 Å². The molecule has 1 aromatic carbocycles. The summed E-state index contributed by atoms with van der Waals surface area (Å²) in [6, 6.07) is 6.36. The molecule has 0 unspecified atom stereocenters. The second-order valence-electron chi connectivity index (χ2n) is 3.14. The fourth-order valence-electron chi connectivity index (χ4n) is 1.10. The van der Waals surface area contributed by atoms with Crippen LogP contribution in [0.3, 0.4) is 0 Å². The molecule has 0 spiro atoms. The van der Waals surface area contributed by atoms with Gasteiger partial charge in [0.1, 0.15) is 0 Å². The molecule has 0 saturated carbocycles. The Morgan fingerprint density at radius 2 is 2.06 bits per heavy atom. The van der Waals surface area contributed by atoms with E-state index in [1.165, 1.54) is 18.2 Å². The van der Waals surface area contributed by atoms with Crippen LogP contribution in [0.15, 0.2) is 18.2 Å². The van der Waals surface area contributed by atoms with Crippen LogP contribution in [0.5, 0.6) is 0 Å². The average Bonchev–Trinajstić information content (AvgIpc) is 2.18. The molecule has 0 saturated heterocycles. The summed E-state index contributed by atoms with van der Waals surface area (Å²) >= 11 is 5.79. The van der Waals surface area contributed by atoms with E-state index in [2.05, 4.69) is 5.32 Å². The molecule has 1 rings (SSSR count). The van der Waals surface area contributed by atoms with Crippen LogP contribution in [0.1, 0.15) is 11.1 Å². The van der Waals surface area contributed by atoms with Crippen LogP contribution >= 0.6 is 11.6 Å². The van der Waals surface area contributed by atoms with Crippen molar-refractivity contribution in [2.75, 3.05) is 6.54 Å². The van der Waals surface area contributed by atoms with E-state index >= 15 is 0 Å². The highest BCUT2D eigenvalue weighted by atomic mass is 35.5. The molecule has 6 heteroatoms. The number of nitriles is 1. The molecule has 2 nitrogen and oxygen atoms in total. The Labute approximate surface area is 95.6 Å². The molecule has 1 N–H and O–H groups in total. The lowest BCUT2D eigenvalue weighted by Gasteiger charge is -2.09. The predicted octanol–water partition coefficient (Wildman–Crippen LogP) is 2.86. The van der Waals surface area contributed by atoms with Crippen molar-refractivity contribution < 1.29 is 13.2 Å². The Morgan fingerprint density at radius 3 is 2.56 bits per heavy atom. The van der Waals surface area contributed by atoms with Crippen molar-refractivity contribution in [3.8, 4) is 6.07 Å². The number of benzene rings is 1. The molecule has 0 radical (unpaired) electrons. The van der Waals surface area contributed by atoms with E-state index in [0.717, 1.165) is 0 Å². The van der Waals surface area contributed by atoms with E-state index in [1.807, 2.05) is 6.07 Å². The van der Waals surface area contributed by atoms with Crippen molar-refractivity contribution in [3.63, 3.8) is 0 Å². The SMILES string of the molecule is N#Cc1ccc(CNCC(F)(F)F)c(Cl)c1. The van der Waals surface area contributed by atoms with Crippen LogP contribution in [-0.4, -0.2) is 12.7 Å². The van der Waals surface area contributed by atoms with Crippen molar-refractivity contribution >= 4 is 11.6 Å². The zero-order valence-electron chi connectivity index (χ0n) is 8.11. The zero-order valence-corrected chi connectivity index (χ0v) is 8.86. The van der Waals surface area contributed by atoms with Gasteiger partial charge in [-0.05, 0) is 17.7 Å². The second kappa shape index (κ2) is 5.19. The van der Waals surface area contributed by atoms with E-state index in [1.54, 1.807) is 0 Å². The number of nitrogens with one attached hydrogen (secondary N) is 1. The molecule has 0 heterocycles. The topological polar surface area (TPSA) is 35.8 Å². The number of halogens is 4. The largest absolute Gasteiger partial charge is 0.401 e. The molecule has 1 aromatic rings. The highest BCUT2D eigenvalue weighted by molar-refractivity contribution is 6.31. The Balaban J connectivity index is 2.59. The van der Waals surface area contributed by atoms with Gasteiger partial charge in [0.05, 0.1) is 18.2 Å². The Bertz CT molecular complexity index is 410. The van der Waals surface area contributed by atoms with Crippen molar-refractivity contribution in [2.45, 2.75) is 12.7 Å². The quantitative estimate of drug-likeness (QED) is 0.893. The highest BCUT2D eigenvalue weighted by Gasteiger charge is 2.26. The standard InChI is InChI=1S/C10H8ClF3N2/c11-9-3-7(4-15)1-2-8(9)5-16-6-10(12,13)14/h1-3,16H,5-6H2. The van der Waals surface area contributed by atoms with Gasteiger partial charge in [0.25, 0.3) is 0 Å². The zero-order chi connectivity index (χ0) is 12.2. The van der Waals surface area contributed by atoms with Crippen molar-refractivity contribution in [1.29, 1.82) is 5.26 Å². The third-order valence-electron chi connectivity index (χ3n) is 1.82. The van der Waals surface area contributed by atoms with Crippen molar-refractivity contribution in [3.05, 3.63) is 34.3 Å². The molecule has 0 aliphatic carbocycles. The summed E-state index contributed by atoms with van der Waals surface area (Å²) in [4.78, 5) is 0. The van der Waals surface area contributed by atoms with Crippen LogP contribution in [-0.2, 0) is 6.54 Å². The van der Waals surface area contributed by atoms with Gasteiger partial charge in [-0.1, -0.05) is 17.7 Å². The fourth-order valence-corrected chi connectivity index (χ4v) is 1.35. The lowest BCUT2D eigenvalue weighted by atomic mass is 10.1. The molecule has 0 amide bonds. The molecular formula is C10H8ClF3N2. The minimum atomic E-state index is -4.24. The molecule has 0 aliphatic heterocycles. The second-order valence-corrected chi connectivity index (χ2v) is 3.54. The normalized spacial score (nSPS) is 11.2. The third kappa shape index (κ3) is 4.09. The number of rotatable bonds is 3. The first-order valence-corrected chi connectivity index (χ1v) is 4.76. The van der Waals surface area contributed by atoms with Gasteiger partial charge in [-0.25, -0.2) is 0 Å². The summed E-state index contributed by atoms with van der Waals surface area (Å²) in [7, 11) is 0. The van der Waals surface area contributed by atoms with Crippen LogP contribution in [0.25, 0.3) is 0 Å². The lowest BCUT2D eigenvalue weighted by Crippen LogP contribution is -2.28. The van der Waals surface area contributed by atoms with Gasteiger partial charge in [-0.15, -0.1) is 0 Å². The van der Waals surface area contributed by atoms with E-state index in [4.69, 9.17) is 16.9 Å². The van der Waals surface area contributed by atoms with Gasteiger partial charge in [0.15, 0.2) is 0 Å². The fraction of sp³-hybridized carbons (Fsp3) is 0.300. The maximum absolute atomic E-state index is 11.8.